The van der Waals surface area contributed by atoms with Crippen molar-refractivity contribution in [1.82, 2.24) is 10.2 Å². The molecule has 3 heteroatoms. The van der Waals surface area contributed by atoms with Gasteiger partial charge in [0.25, 0.3) is 0 Å². The minimum absolute atomic E-state index is 0.174. The zero-order chi connectivity index (χ0) is 13.5. The summed E-state index contributed by atoms with van der Waals surface area (Å²) in [6, 6.07) is 16.1. The van der Waals surface area contributed by atoms with Gasteiger partial charge in [0.1, 0.15) is 5.82 Å². The van der Waals surface area contributed by atoms with Gasteiger partial charge in [0.2, 0.25) is 0 Å². The molecule has 4 rings (SSSR count). The molecule has 2 aromatic carbocycles. The van der Waals surface area contributed by atoms with Gasteiger partial charge in [0, 0.05) is 19.1 Å². The summed E-state index contributed by atoms with van der Waals surface area (Å²) in [5.41, 5.74) is 4.03. The smallest absolute Gasteiger partial charge is 0.123 e. The molecule has 1 N–H and O–H groups in total. The van der Waals surface area contributed by atoms with Crippen LogP contribution in [0.15, 0.2) is 48.5 Å². The monoisotopic (exact) mass is 268 g/mol. The molecule has 102 valence electrons. The number of hydrogen-bond acceptors (Lipinski definition) is 2. The lowest BCUT2D eigenvalue weighted by atomic mass is 9.94. The Kier molecular flexibility index (Phi) is 2.83. The van der Waals surface area contributed by atoms with E-state index < -0.39 is 0 Å². The molecule has 0 spiro atoms. The van der Waals surface area contributed by atoms with E-state index in [0.717, 1.165) is 25.1 Å². The first-order valence-electron chi connectivity index (χ1n) is 7.12. The summed E-state index contributed by atoms with van der Waals surface area (Å²) >= 11 is 0. The molecule has 1 fully saturated rings. The molecule has 0 bridgehead atoms. The number of nitrogens with zero attached hydrogens (tertiary/aromatic N) is 1. The van der Waals surface area contributed by atoms with E-state index in [1.165, 1.54) is 11.1 Å². The Hall–Kier alpha value is -1.71. The molecule has 2 nitrogen and oxygen atoms in total. The fraction of sp³-hybridized carbons (Fsp3) is 0.294. The van der Waals surface area contributed by atoms with E-state index in [-0.39, 0.29) is 12.0 Å². The zero-order valence-electron chi connectivity index (χ0n) is 11.2. The van der Waals surface area contributed by atoms with Gasteiger partial charge in [-0.2, -0.15) is 0 Å². The predicted molar refractivity (Wildman–Crippen MR) is 76.6 cm³/mol. The highest BCUT2D eigenvalue weighted by atomic mass is 19.1. The van der Waals surface area contributed by atoms with Crippen LogP contribution in [0, 0.1) is 5.82 Å². The molecule has 2 aromatic rings. The first-order valence-corrected chi connectivity index (χ1v) is 7.12. The Labute approximate surface area is 118 Å². The largest absolute Gasteiger partial charge is 0.296 e. The van der Waals surface area contributed by atoms with Gasteiger partial charge in [-0.05, 0) is 35.2 Å². The molecule has 2 heterocycles. The molecule has 0 aromatic heterocycles. The van der Waals surface area contributed by atoms with Crippen molar-refractivity contribution >= 4 is 0 Å². The molecule has 0 radical (unpaired) electrons. The Morgan fingerprint density at radius 1 is 1.00 bits per heavy atom. The first-order chi connectivity index (χ1) is 9.81. The Morgan fingerprint density at radius 2 is 1.75 bits per heavy atom. The fourth-order valence-corrected chi connectivity index (χ4v) is 3.42. The summed E-state index contributed by atoms with van der Waals surface area (Å²) in [7, 11) is 0. The van der Waals surface area contributed by atoms with Gasteiger partial charge in [-0.3, -0.25) is 10.2 Å². The standard InChI is InChI=1S/C17H17FN2/c18-15-7-5-12(6-8-15)17-19-10-16-9-13-3-1-2-4-14(13)11-20(16)17/h1-8,16-17,19H,9-11H2/t16-,17+/m1/s1. The molecule has 0 saturated carbocycles. The fourth-order valence-electron chi connectivity index (χ4n) is 3.42. The maximum atomic E-state index is 13.1. The van der Waals surface area contributed by atoms with Gasteiger partial charge < -0.3 is 0 Å². The second-order valence-electron chi connectivity index (χ2n) is 5.66. The maximum Gasteiger partial charge on any atom is 0.123 e. The summed E-state index contributed by atoms with van der Waals surface area (Å²) < 4.78 is 13.1. The lowest BCUT2D eigenvalue weighted by molar-refractivity contribution is 0.167. The molecular weight excluding hydrogens is 251 g/mol. The first kappa shape index (κ1) is 12.1. The second kappa shape index (κ2) is 4.69. The van der Waals surface area contributed by atoms with Gasteiger partial charge in [0.05, 0.1) is 6.17 Å². The highest BCUT2D eigenvalue weighted by molar-refractivity contribution is 5.32. The number of hydrogen-bond donors (Lipinski definition) is 1. The summed E-state index contributed by atoms with van der Waals surface area (Å²) in [5.74, 6) is -0.174. The molecule has 2 aliphatic rings. The average molecular weight is 268 g/mol. The zero-order valence-corrected chi connectivity index (χ0v) is 11.2. The van der Waals surface area contributed by atoms with Gasteiger partial charge in [-0.25, -0.2) is 4.39 Å². The van der Waals surface area contributed by atoms with Crippen LogP contribution in [0.4, 0.5) is 4.39 Å². The lowest BCUT2D eigenvalue weighted by Crippen LogP contribution is -2.38. The van der Waals surface area contributed by atoms with Crippen LogP contribution in [0.25, 0.3) is 0 Å². The van der Waals surface area contributed by atoms with E-state index in [1.54, 1.807) is 12.1 Å². The Balaban J connectivity index is 1.65. The third-order valence-corrected chi connectivity index (χ3v) is 4.46. The van der Waals surface area contributed by atoms with E-state index in [2.05, 4.69) is 34.5 Å². The molecule has 2 atom stereocenters. The summed E-state index contributed by atoms with van der Waals surface area (Å²) in [4.78, 5) is 2.50. The molecule has 0 aliphatic carbocycles. The number of halogens is 1. The van der Waals surface area contributed by atoms with Crippen LogP contribution in [-0.2, 0) is 13.0 Å². The number of fused-ring (bicyclic) bond motifs is 2. The van der Waals surface area contributed by atoms with Crippen LogP contribution in [0.5, 0.6) is 0 Å². The summed E-state index contributed by atoms with van der Waals surface area (Å²) in [6.07, 6.45) is 1.30. The summed E-state index contributed by atoms with van der Waals surface area (Å²) in [6.45, 7) is 1.96. The van der Waals surface area contributed by atoms with Crippen molar-refractivity contribution in [2.45, 2.75) is 25.2 Å². The van der Waals surface area contributed by atoms with E-state index in [0.29, 0.717) is 6.04 Å². The molecule has 0 unspecified atom stereocenters. The third kappa shape index (κ3) is 1.94. The van der Waals surface area contributed by atoms with E-state index in [9.17, 15) is 4.39 Å². The topological polar surface area (TPSA) is 15.3 Å². The minimum Gasteiger partial charge on any atom is -0.296 e. The van der Waals surface area contributed by atoms with Crippen molar-refractivity contribution in [3.05, 3.63) is 71.0 Å². The van der Waals surface area contributed by atoms with Crippen LogP contribution in [0.3, 0.4) is 0 Å². The van der Waals surface area contributed by atoms with Crippen LogP contribution < -0.4 is 5.32 Å². The predicted octanol–water partition coefficient (Wildman–Crippen LogP) is 2.85. The molecule has 0 amide bonds. The van der Waals surface area contributed by atoms with E-state index in [1.807, 2.05) is 12.1 Å². The van der Waals surface area contributed by atoms with Crippen molar-refractivity contribution in [1.29, 1.82) is 0 Å². The van der Waals surface area contributed by atoms with Gasteiger partial charge in [0.15, 0.2) is 0 Å². The van der Waals surface area contributed by atoms with Crippen LogP contribution >= 0.6 is 0 Å². The number of benzene rings is 2. The minimum atomic E-state index is -0.174. The van der Waals surface area contributed by atoms with E-state index in [4.69, 9.17) is 0 Å². The van der Waals surface area contributed by atoms with E-state index >= 15 is 0 Å². The quantitative estimate of drug-likeness (QED) is 0.855. The third-order valence-electron chi connectivity index (χ3n) is 4.46. The normalized spacial score (nSPS) is 25.2. The van der Waals surface area contributed by atoms with Gasteiger partial charge in [-0.15, -0.1) is 0 Å². The van der Waals surface area contributed by atoms with Crippen molar-refractivity contribution in [3.8, 4) is 0 Å². The lowest BCUT2D eigenvalue weighted by Gasteiger charge is -2.34. The van der Waals surface area contributed by atoms with Gasteiger partial charge in [-0.1, -0.05) is 36.4 Å². The van der Waals surface area contributed by atoms with Crippen molar-refractivity contribution in [2.75, 3.05) is 6.54 Å². The van der Waals surface area contributed by atoms with Gasteiger partial charge >= 0.3 is 0 Å². The second-order valence-corrected chi connectivity index (χ2v) is 5.66. The van der Waals surface area contributed by atoms with Crippen LogP contribution in [-0.4, -0.2) is 17.5 Å². The summed E-state index contributed by atoms with van der Waals surface area (Å²) in [5, 5.41) is 3.57. The Morgan fingerprint density at radius 3 is 2.55 bits per heavy atom. The molecule has 1 saturated heterocycles. The highest BCUT2D eigenvalue weighted by Gasteiger charge is 2.37. The van der Waals surface area contributed by atoms with Crippen LogP contribution in [0.2, 0.25) is 0 Å². The molecule has 2 aliphatic heterocycles. The van der Waals surface area contributed by atoms with Crippen molar-refractivity contribution in [2.24, 2.45) is 0 Å². The average Bonchev–Trinajstić information content (AvgIpc) is 2.88. The van der Waals surface area contributed by atoms with Crippen molar-refractivity contribution in [3.63, 3.8) is 0 Å². The van der Waals surface area contributed by atoms with Crippen molar-refractivity contribution < 1.29 is 4.39 Å². The molecule has 20 heavy (non-hydrogen) atoms. The number of rotatable bonds is 1. The van der Waals surface area contributed by atoms with Crippen LogP contribution in [0.1, 0.15) is 22.9 Å². The maximum absolute atomic E-state index is 13.1. The highest BCUT2D eigenvalue weighted by Crippen LogP contribution is 2.33. The number of nitrogens with one attached hydrogen (secondary N) is 1. The Bertz CT molecular complexity index is 623. The molecular formula is C17H17FN2. The SMILES string of the molecule is Fc1ccc([C@H]2NC[C@H]3Cc4ccccc4CN32)cc1.